The Hall–Kier alpha value is -1.24. The normalized spacial score (nSPS) is 13.7. The molecule has 152 valence electrons. The van der Waals surface area contributed by atoms with Crippen molar-refractivity contribution in [3.63, 3.8) is 0 Å². The van der Waals surface area contributed by atoms with Gasteiger partial charge in [0.15, 0.2) is 0 Å². The van der Waals surface area contributed by atoms with Crippen LogP contribution in [0.2, 0.25) is 0 Å². The third-order valence-electron chi connectivity index (χ3n) is 4.17. The smallest absolute Gasteiger partial charge is 0.234 e. The summed E-state index contributed by atoms with van der Waals surface area (Å²) in [7, 11) is 1.03. The van der Waals surface area contributed by atoms with Gasteiger partial charge in [-0.1, -0.05) is 13.8 Å². The van der Waals surface area contributed by atoms with Gasteiger partial charge in [0.2, 0.25) is 17.7 Å². The van der Waals surface area contributed by atoms with Crippen molar-refractivity contribution in [3.05, 3.63) is 0 Å². The van der Waals surface area contributed by atoms with E-state index in [1.807, 2.05) is 20.5 Å². The summed E-state index contributed by atoms with van der Waals surface area (Å²) in [4.78, 5) is 34.3. The summed E-state index contributed by atoms with van der Waals surface area (Å²) < 4.78 is 5.55. The SMILES string of the molecule is CNC(CCCCNC(=O)C(C)(C)CCP(C)OCNC(C)=O)C(N)=O. The van der Waals surface area contributed by atoms with Gasteiger partial charge in [-0.2, -0.15) is 0 Å². The zero-order valence-electron chi connectivity index (χ0n) is 16.7. The second kappa shape index (κ2) is 13.0. The molecule has 5 N–H and O–H groups in total. The number of primary amides is 1. The maximum Gasteiger partial charge on any atom is 0.234 e. The van der Waals surface area contributed by atoms with Crippen LogP contribution in [-0.4, -0.2) is 56.9 Å². The average Bonchev–Trinajstić information content (AvgIpc) is 2.55. The molecule has 0 saturated carbocycles. The van der Waals surface area contributed by atoms with E-state index in [2.05, 4.69) is 16.0 Å². The number of amides is 3. The Morgan fingerprint density at radius 2 is 1.85 bits per heavy atom. The molecule has 0 aromatic heterocycles. The molecule has 0 aromatic carbocycles. The van der Waals surface area contributed by atoms with Crippen LogP contribution in [0.4, 0.5) is 0 Å². The predicted molar refractivity (Wildman–Crippen MR) is 105 cm³/mol. The van der Waals surface area contributed by atoms with Gasteiger partial charge in [-0.25, -0.2) is 0 Å². The van der Waals surface area contributed by atoms with E-state index in [0.29, 0.717) is 19.4 Å². The molecule has 3 amide bonds. The molecule has 0 radical (unpaired) electrons. The number of unbranched alkanes of at least 4 members (excludes halogenated alkanes) is 1. The summed E-state index contributed by atoms with van der Waals surface area (Å²) in [5.41, 5.74) is 4.79. The molecule has 8 nitrogen and oxygen atoms in total. The summed E-state index contributed by atoms with van der Waals surface area (Å²) in [6.45, 7) is 8.07. The minimum absolute atomic E-state index is 0.0165. The van der Waals surface area contributed by atoms with Crippen LogP contribution in [0.25, 0.3) is 0 Å². The van der Waals surface area contributed by atoms with Gasteiger partial charge in [0.25, 0.3) is 0 Å². The number of hydrogen-bond acceptors (Lipinski definition) is 5. The number of rotatable bonds is 14. The molecule has 0 rings (SSSR count). The van der Waals surface area contributed by atoms with E-state index in [1.165, 1.54) is 6.92 Å². The number of carbonyl (C=O) groups is 3. The maximum atomic E-state index is 12.4. The van der Waals surface area contributed by atoms with Crippen molar-refractivity contribution in [2.24, 2.45) is 11.1 Å². The third-order valence-corrected chi connectivity index (χ3v) is 5.59. The molecule has 0 aliphatic carbocycles. The Bertz CT molecular complexity index is 460. The van der Waals surface area contributed by atoms with Gasteiger partial charge in [-0.3, -0.25) is 14.4 Å². The third kappa shape index (κ3) is 11.4. The molecule has 0 fully saturated rings. The van der Waals surface area contributed by atoms with E-state index in [0.717, 1.165) is 19.0 Å². The number of carbonyl (C=O) groups excluding carboxylic acids is 3. The summed E-state index contributed by atoms with van der Waals surface area (Å²) in [6.07, 6.45) is 3.78. The summed E-state index contributed by atoms with van der Waals surface area (Å²) in [5, 5.41) is 8.44. The number of hydrogen-bond donors (Lipinski definition) is 4. The molecule has 0 aromatic rings. The largest absolute Gasteiger partial charge is 0.368 e. The summed E-state index contributed by atoms with van der Waals surface area (Å²) in [6, 6.07) is -0.316. The minimum atomic E-state index is -0.680. The zero-order valence-corrected chi connectivity index (χ0v) is 17.6. The van der Waals surface area contributed by atoms with Gasteiger partial charge in [-0.05, 0) is 45.6 Å². The number of likely N-dealkylation sites (N-methyl/N-ethyl adjacent to an activating group) is 1. The van der Waals surface area contributed by atoms with Gasteiger partial charge in [-0.15, -0.1) is 0 Å². The van der Waals surface area contributed by atoms with Crippen molar-refractivity contribution in [2.75, 3.05) is 33.1 Å². The van der Waals surface area contributed by atoms with Gasteiger partial charge in [0.1, 0.15) is 6.73 Å². The number of nitrogens with two attached hydrogens (primary N) is 1. The van der Waals surface area contributed by atoms with Crippen molar-refractivity contribution < 1.29 is 18.9 Å². The first-order valence-corrected chi connectivity index (χ1v) is 10.8. The van der Waals surface area contributed by atoms with Crippen LogP contribution in [0.1, 0.15) is 46.5 Å². The molecule has 2 unspecified atom stereocenters. The first-order valence-electron chi connectivity index (χ1n) is 8.93. The van der Waals surface area contributed by atoms with E-state index in [4.69, 9.17) is 10.3 Å². The monoisotopic (exact) mass is 390 g/mol. The van der Waals surface area contributed by atoms with Crippen LogP contribution >= 0.6 is 8.15 Å². The van der Waals surface area contributed by atoms with Crippen LogP contribution in [0.5, 0.6) is 0 Å². The fourth-order valence-corrected chi connectivity index (χ4v) is 3.49. The minimum Gasteiger partial charge on any atom is -0.368 e. The topological polar surface area (TPSA) is 123 Å². The van der Waals surface area contributed by atoms with E-state index >= 15 is 0 Å². The summed E-state index contributed by atoms with van der Waals surface area (Å²) >= 11 is 0. The van der Waals surface area contributed by atoms with E-state index < -0.39 is 13.6 Å². The molecule has 0 bridgehead atoms. The quantitative estimate of drug-likeness (QED) is 0.199. The standard InChI is InChI=1S/C17H35N4O4P/c1-13(22)21-12-25-26(5)11-9-17(2,3)16(24)20-10-7-6-8-14(19-4)15(18)23/h14,19H,6-12H2,1-5H3,(H2,18,23)(H,20,24)(H,21,22). The van der Waals surface area contributed by atoms with Crippen molar-refractivity contribution in [1.82, 2.24) is 16.0 Å². The molecule has 9 heteroatoms. The molecule has 0 spiro atoms. The first kappa shape index (κ1) is 24.8. The van der Waals surface area contributed by atoms with Crippen LogP contribution in [-0.2, 0) is 18.9 Å². The molecule has 2 atom stereocenters. The van der Waals surface area contributed by atoms with Crippen LogP contribution in [0.15, 0.2) is 0 Å². The van der Waals surface area contributed by atoms with Crippen molar-refractivity contribution in [2.45, 2.75) is 52.5 Å². The van der Waals surface area contributed by atoms with Gasteiger partial charge < -0.3 is 26.2 Å². The van der Waals surface area contributed by atoms with Crippen LogP contribution in [0.3, 0.4) is 0 Å². The van der Waals surface area contributed by atoms with E-state index in [9.17, 15) is 14.4 Å². The Balaban J connectivity index is 4.00. The maximum absolute atomic E-state index is 12.4. The van der Waals surface area contributed by atoms with Crippen molar-refractivity contribution in [1.29, 1.82) is 0 Å². The highest BCUT2D eigenvalue weighted by atomic mass is 31.1. The predicted octanol–water partition coefficient (Wildman–Crippen LogP) is 0.899. The highest BCUT2D eigenvalue weighted by molar-refractivity contribution is 7.51. The second-order valence-electron chi connectivity index (χ2n) is 6.99. The number of nitrogens with one attached hydrogen (secondary N) is 3. The molecular weight excluding hydrogens is 355 g/mol. The van der Waals surface area contributed by atoms with Crippen molar-refractivity contribution in [3.8, 4) is 0 Å². The molecule has 0 heterocycles. The lowest BCUT2D eigenvalue weighted by Crippen LogP contribution is -2.39. The van der Waals surface area contributed by atoms with E-state index in [-0.39, 0.29) is 30.5 Å². The molecular formula is C17H35N4O4P. The van der Waals surface area contributed by atoms with Gasteiger partial charge >= 0.3 is 0 Å². The Kier molecular flexibility index (Phi) is 12.4. The fraction of sp³-hybridized carbons (Fsp3) is 0.824. The fourth-order valence-electron chi connectivity index (χ4n) is 2.20. The lowest BCUT2D eigenvalue weighted by atomic mass is 9.89. The molecule has 26 heavy (non-hydrogen) atoms. The highest BCUT2D eigenvalue weighted by Gasteiger charge is 2.27. The Morgan fingerprint density at radius 1 is 1.19 bits per heavy atom. The van der Waals surface area contributed by atoms with Gasteiger partial charge in [0, 0.05) is 27.0 Å². The Labute approximate surface area is 158 Å². The van der Waals surface area contributed by atoms with Crippen LogP contribution in [0, 0.1) is 5.41 Å². The molecule has 0 aliphatic rings. The second-order valence-corrected chi connectivity index (χ2v) is 8.95. The van der Waals surface area contributed by atoms with Gasteiger partial charge in [0.05, 0.1) is 6.04 Å². The highest BCUT2D eigenvalue weighted by Crippen LogP contribution is 2.36. The average molecular weight is 390 g/mol. The lowest BCUT2D eigenvalue weighted by Gasteiger charge is -2.25. The molecule has 0 aliphatic heterocycles. The molecule has 0 saturated heterocycles. The van der Waals surface area contributed by atoms with Crippen LogP contribution < -0.4 is 21.7 Å². The van der Waals surface area contributed by atoms with Crippen molar-refractivity contribution >= 4 is 25.9 Å². The zero-order chi connectivity index (χ0) is 20.2. The Morgan fingerprint density at radius 3 is 2.38 bits per heavy atom. The lowest BCUT2D eigenvalue weighted by molar-refractivity contribution is -0.129. The first-order chi connectivity index (χ1) is 12.1. The summed E-state index contributed by atoms with van der Waals surface area (Å²) in [5.74, 6) is -0.456. The van der Waals surface area contributed by atoms with E-state index in [1.54, 1.807) is 7.05 Å².